The smallest absolute Gasteiger partial charge is 1.00 e. The summed E-state index contributed by atoms with van der Waals surface area (Å²) in [5, 5.41) is 8.54. The molecule has 2 N–H and O–H groups in total. The molecule has 8 heteroatoms. The number of aliphatic carboxylic acids is 1. The molecule has 1 heterocycles. The van der Waals surface area contributed by atoms with E-state index in [1.807, 2.05) is 0 Å². The van der Waals surface area contributed by atoms with Gasteiger partial charge in [0.05, 0.1) is 16.6 Å². The van der Waals surface area contributed by atoms with E-state index in [0.29, 0.717) is 5.52 Å². The van der Waals surface area contributed by atoms with E-state index in [4.69, 9.17) is 5.11 Å². The van der Waals surface area contributed by atoms with Crippen LogP contribution in [0.2, 0.25) is 0 Å². The first-order chi connectivity index (χ1) is 7.86. The molecule has 0 bridgehead atoms. The van der Waals surface area contributed by atoms with Crippen molar-refractivity contribution >= 4 is 17.0 Å². The van der Waals surface area contributed by atoms with Crippen LogP contribution in [0.4, 0.5) is 13.2 Å². The Labute approximate surface area is 113 Å². The number of benzene rings is 1. The van der Waals surface area contributed by atoms with Gasteiger partial charge in [-0.25, -0.2) is 4.98 Å². The minimum absolute atomic E-state index is 0. The van der Waals surface area contributed by atoms with Crippen LogP contribution < -0.4 is 18.9 Å². The molecule has 2 aromatic rings. The molecule has 92 valence electrons. The maximum atomic E-state index is 12.4. The first-order valence-corrected chi connectivity index (χ1v) is 4.64. The summed E-state index contributed by atoms with van der Waals surface area (Å²) in [5.41, 5.74) is -0.305. The molecule has 0 aliphatic carbocycles. The normalized spacial score (nSPS) is 11.3. The molecular weight excluding hydrogens is 244 g/mol. The number of rotatable bonds is 2. The third-order valence-electron chi connectivity index (χ3n) is 2.18. The van der Waals surface area contributed by atoms with Gasteiger partial charge in [0.25, 0.3) is 0 Å². The molecular formula is C10H8F3LiN2O2. The monoisotopic (exact) mass is 252 g/mol. The van der Waals surface area contributed by atoms with E-state index in [0.717, 1.165) is 12.1 Å². The van der Waals surface area contributed by atoms with Gasteiger partial charge in [-0.3, -0.25) is 4.79 Å². The molecule has 0 spiro atoms. The van der Waals surface area contributed by atoms with Crippen molar-refractivity contribution in [1.29, 1.82) is 0 Å². The van der Waals surface area contributed by atoms with Gasteiger partial charge in [0.2, 0.25) is 0 Å². The zero-order valence-electron chi connectivity index (χ0n) is 10.4. The van der Waals surface area contributed by atoms with Crippen LogP contribution in [0.25, 0.3) is 11.0 Å². The van der Waals surface area contributed by atoms with E-state index < -0.39 is 17.7 Å². The number of carboxylic acid groups (broad SMARTS) is 1. The minimum Gasteiger partial charge on any atom is -1.00 e. The van der Waals surface area contributed by atoms with Crippen molar-refractivity contribution in [3.05, 3.63) is 29.6 Å². The van der Waals surface area contributed by atoms with E-state index in [-0.39, 0.29) is 38.0 Å². The number of nitrogens with one attached hydrogen (secondary N) is 1. The Hall–Kier alpha value is -1.45. The fourth-order valence-electron chi connectivity index (χ4n) is 1.47. The van der Waals surface area contributed by atoms with Crippen molar-refractivity contribution in [3.8, 4) is 0 Å². The summed E-state index contributed by atoms with van der Waals surface area (Å²) >= 11 is 0. The van der Waals surface area contributed by atoms with Crippen LogP contribution in [0.1, 0.15) is 12.8 Å². The Morgan fingerprint density at radius 2 is 2.11 bits per heavy atom. The van der Waals surface area contributed by atoms with Crippen molar-refractivity contribution < 1.29 is 43.4 Å². The summed E-state index contributed by atoms with van der Waals surface area (Å²) in [6.45, 7) is 0. The number of fused-ring (bicyclic) bond motifs is 1. The van der Waals surface area contributed by atoms with Gasteiger partial charge in [-0.05, 0) is 18.2 Å². The quantitative estimate of drug-likeness (QED) is 0.696. The molecule has 0 fully saturated rings. The van der Waals surface area contributed by atoms with Gasteiger partial charge >= 0.3 is 31.0 Å². The third kappa shape index (κ3) is 3.06. The zero-order chi connectivity index (χ0) is 12.6. The van der Waals surface area contributed by atoms with E-state index in [1.54, 1.807) is 0 Å². The van der Waals surface area contributed by atoms with Crippen molar-refractivity contribution in [2.24, 2.45) is 0 Å². The molecule has 0 aliphatic rings. The second-order valence-corrected chi connectivity index (χ2v) is 3.48. The van der Waals surface area contributed by atoms with Crippen LogP contribution in [0.3, 0.4) is 0 Å². The summed E-state index contributed by atoms with van der Waals surface area (Å²) in [4.78, 5) is 16.9. The van der Waals surface area contributed by atoms with Crippen LogP contribution in [0, 0.1) is 0 Å². The van der Waals surface area contributed by atoms with Gasteiger partial charge in [-0.2, -0.15) is 13.2 Å². The van der Waals surface area contributed by atoms with E-state index in [1.165, 1.54) is 6.07 Å². The number of hydrogen-bond acceptors (Lipinski definition) is 2. The molecule has 0 radical (unpaired) electrons. The second-order valence-electron chi connectivity index (χ2n) is 3.48. The molecule has 0 saturated carbocycles. The van der Waals surface area contributed by atoms with Crippen molar-refractivity contribution in [2.75, 3.05) is 0 Å². The second kappa shape index (κ2) is 5.04. The maximum Gasteiger partial charge on any atom is 1.00 e. The van der Waals surface area contributed by atoms with Crippen molar-refractivity contribution in [3.63, 3.8) is 0 Å². The summed E-state index contributed by atoms with van der Waals surface area (Å²) in [7, 11) is 0. The Morgan fingerprint density at radius 1 is 1.44 bits per heavy atom. The van der Waals surface area contributed by atoms with Crippen LogP contribution in [-0.2, 0) is 17.4 Å². The van der Waals surface area contributed by atoms with Gasteiger partial charge in [0.1, 0.15) is 12.2 Å². The molecule has 2 rings (SSSR count). The number of carboxylic acids is 1. The predicted octanol–water partition coefficient (Wildman–Crippen LogP) is -0.675. The standard InChI is InChI=1S/C10H7F3N2O2.Li.H/c11-10(12,13)5-1-2-6-7(3-5)15-8(14-6)4-9(16)17;;/h1-3H,4H2,(H,14,15)(H,16,17);;/q;+1;-1. The number of H-pyrrole nitrogens is 1. The van der Waals surface area contributed by atoms with Gasteiger partial charge in [-0.15, -0.1) is 0 Å². The summed E-state index contributed by atoms with van der Waals surface area (Å²) in [5.74, 6) is -0.966. The van der Waals surface area contributed by atoms with Crippen molar-refractivity contribution in [1.82, 2.24) is 9.97 Å². The van der Waals surface area contributed by atoms with Crippen LogP contribution in [-0.4, -0.2) is 21.0 Å². The molecule has 1 aromatic carbocycles. The molecule has 0 amide bonds. The molecule has 1 aromatic heterocycles. The number of alkyl halides is 3. The number of hydrogen-bond donors (Lipinski definition) is 2. The van der Waals surface area contributed by atoms with Crippen LogP contribution >= 0.6 is 0 Å². The molecule has 0 atom stereocenters. The number of halogens is 3. The zero-order valence-corrected chi connectivity index (χ0v) is 9.38. The number of aromatic amines is 1. The van der Waals surface area contributed by atoms with Gasteiger partial charge < -0.3 is 11.5 Å². The average molecular weight is 252 g/mol. The first kappa shape index (κ1) is 14.6. The fraction of sp³-hybridized carbons (Fsp3) is 0.200. The summed E-state index contributed by atoms with van der Waals surface area (Å²) < 4.78 is 37.2. The largest absolute Gasteiger partial charge is 1.00 e. The van der Waals surface area contributed by atoms with E-state index in [9.17, 15) is 18.0 Å². The Morgan fingerprint density at radius 3 is 2.67 bits per heavy atom. The SMILES string of the molecule is O=C(O)Cc1nc2ccc(C(F)(F)F)cc2[nH]1.[H-].[Li+]. The van der Waals surface area contributed by atoms with E-state index >= 15 is 0 Å². The number of carbonyl (C=O) groups is 1. The third-order valence-corrected chi connectivity index (χ3v) is 2.18. The number of aromatic nitrogens is 2. The average Bonchev–Trinajstić information content (AvgIpc) is 2.55. The van der Waals surface area contributed by atoms with Gasteiger partial charge in [0, 0.05) is 0 Å². The minimum atomic E-state index is -4.42. The molecule has 4 nitrogen and oxygen atoms in total. The van der Waals surface area contributed by atoms with Crippen LogP contribution in [0.15, 0.2) is 18.2 Å². The molecule has 0 saturated heterocycles. The van der Waals surface area contributed by atoms with E-state index in [2.05, 4.69) is 9.97 Å². The van der Waals surface area contributed by atoms with Crippen LogP contribution in [0.5, 0.6) is 0 Å². The summed E-state index contributed by atoms with van der Waals surface area (Å²) in [6.07, 6.45) is -4.78. The topological polar surface area (TPSA) is 66.0 Å². The first-order valence-electron chi connectivity index (χ1n) is 4.64. The Kier molecular flexibility index (Phi) is 4.09. The molecule has 18 heavy (non-hydrogen) atoms. The number of imidazole rings is 1. The Bertz CT molecular complexity index is 586. The van der Waals surface area contributed by atoms with Gasteiger partial charge in [-0.1, -0.05) is 0 Å². The van der Waals surface area contributed by atoms with Crippen molar-refractivity contribution in [2.45, 2.75) is 12.6 Å². The summed E-state index contributed by atoms with van der Waals surface area (Å²) in [6, 6.07) is 3.03. The van der Waals surface area contributed by atoms with Gasteiger partial charge in [0.15, 0.2) is 0 Å². The number of nitrogens with zero attached hydrogens (tertiary/aromatic N) is 1. The predicted molar refractivity (Wildman–Crippen MR) is 53.5 cm³/mol. The molecule has 0 unspecified atom stereocenters. The fourth-order valence-corrected chi connectivity index (χ4v) is 1.47. The maximum absolute atomic E-state index is 12.4. The Balaban J connectivity index is 0.00000162. The molecule has 0 aliphatic heterocycles.